The Morgan fingerprint density at radius 2 is 2.20 bits per heavy atom. The number of carbonyl (C=O) groups is 1. The lowest BCUT2D eigenvalue weighted by Gasteiger charge is -2.00. The van der Waals surface area contributed by atoms with E-state index in [1.165, 1.54) is 6.07 Å². The van der Waals surface area contributed by atoms with Gasteiger partial charge in [0, 0.05) is 12.4 Å². The number of imidazole rings is 1. The maximum Gasteiger partial charge on any atom is 0.354 e. The second kappa shape index (κ2) is 4.56. The van der Waals surface area contributed by atoms with Gasteiger partial charge in [0.2, 0.25) is 0 Å². The van der Waals surface area contributed by atoms with Crippen molar-refractivity contribution in [1.82, 2.24) is 14.5 Å². The number of aromatic nitrogens is 3. The molecule has 0 aromatic carbocycles. The SMILES string of the molecule is Cl.O=C(O)c1cccc(-n2ccnc2)n1. The van der Waals surface area contributed by atoms with Crippen LogP contribution < -0.4 is 0 Å². The van der Waals surface area contributed by atoms with Gasteiger partial charge >= 0.3 is 5.97 Å². The molecule has 78 valence electrons. The Balaban J connectivity index is 0.00000112. The van der Waals surface area contributed by atoms with Crippen molar-refractivity contribution in [2.45, 2.75) is 0 Å². The highest BCUT2D eigenvalue weighted by molar-refractivity contribution is 5.85. The molecule has 5 nitrogen and oxygen atoms in total. The zero-order chi connectivity index (χ0) is 9.97. The maximum atomic E-state index is 10.6. The standard InChI is InChI=1S/C9H7N3O2.ClH/c13-9(14)7-2-1-3-8(11-7)12-5-4-10-6-12;/h1-6H,(H,13,14);1H. The number of hydrogen-bond acceptors (Lipinski definition) is 3. The minimum Gasteiger partial charge on any atom is -0.477 e. The molecule has 0 saturated heterocycles. The van der Waals surface area contributed by atoms with Gasteiger partial charge in [0.15, 0.2) is 5.69 Å². The topological polar surface area (TPSA) is 68.0 Å². The maximum absolute atomic E-state index is 10.6. The molecule has 6 heteroatoms. The smallest absolute Gasteiger partial charge is 0.354 e. The summed E-state index contributed by atoms with van der Waals surface area (Å²) in [6.45, 7) is 0. The quantitative estimate of drug-likeness (QED) is 0.839. The van der Waals surface area contributed by atoms with E-state index in [2.05, 4.69) is 9.97 Å². The molecule has 0 bridgehead atoms. The summed E-state index contributed by atoms with van der Waals surface area (Å²) in [6, 6.07) is 4.81. The van der Waals surface area contributed by atoms with Crippen LogP contribution in [-0.2, 0) is 0 Å². The molecule has 0 saturated carbocycles. The average molecular weight is 226 g/mol. The molecule has 2 rings (SSSR count). The first-order valence-electron chi connectivity index (χ1n) is 3.96. The molecule has 2 heterocycles. The molecular weight excluding hydrogens is 218 g/mol. The minimum absolute atomic E-state index is 0. The van der Waals surface area contributed by atoms with E-state index in [9.17, 15) is 4.79 Å². The third kappa shape index (κ3) is 2.32. The lowest BCUT2D eigenvalue weighted by Crippen LogP contribution is -2.03. The summed E-state index contributed by atoms with van der Waals surface area (Å²) in [7, 11) is 0. The van der Waals surface area contributed by atoms with Crippen LogP contribution in [0.25, 0.3) is 5.82 Å². The highest BCUT2D eigenvalue weighted by Gasteiger charge is 2.05. The fourth-order valence-corrected chi connectivity index (χ4v) is 1.08. The van der Waals surface area contributed by atoms with Gasteiger partial charge in [0.1, 0.15) is 12.1 Å². The summed E-state index contributed by atoms with van der Waals surface area (Å²) in [5, 5.41) is 8.72. The van der Waals surface area contributed by atoms with Gasteiger partial charge in [-0.3, -0.25) is 4.57 Å². The van der Waals surface area contributed by atoms with Crippen molar-refractivity contribution in [3.8, 4) is 5.82 Å². The van der Waals surface area contributed by atoms with Crippen molar-refractivity contribution in [1.29, 1.82) is 0 Å². The van der Waals surface area contributed by atoms with Crippen molar-refractivity contribution in [3.05, 3.63) is 42.6 Å². The van der Waals surface area contributed by atoms with Crippen LogP contribution in [0.1, 0.15) is 10.5 Å². The Hall–Kier alpha value is -1.88. The van der Waals surface area contributed by atoms with Crippen LogP contribution in [0.3, 0.4) is 0 Å². The normalized spacial score (nSPS) is 9.33. The van der Waals surface area contributed by atoms with Gasteiger partial charge < -0.3 is 5.11 Å². The van der Waals surface area contributed by atoms with Crippen LogP contribution in [-0.4, -0.2) is 25.6 Å². The van der Waals surface area contributed by atoms with E-state index in [0.717, 1.165) is 0 Å². The van der Waals surface area contributed by atoms with Crippen molar-refractivity contribution < 1.29 is 9.90 Å². The third-order valence-corrected chi connectivity index (χ3v) is 1.72. The van der Waals surface area contributed by atoms with Crippen molar-refractivity contribution in [3.63, 3.8) is 0 Å². The molecule has 2 aromatic rings. The number of pyridine rings is 1. The lowest BCUT2D eigenvalue weighted by molar-refractivity contribution is 0.0690. The molecule has 0 aliphatic rings. The summed E-state index contributed by atoms with van der Waals surface area (Å²) in [5.74, 6) is -0.491. The van der Waals surface area contributed by atoms with Crippen LogP contribution in [0.4, 0.5) is 0 Å². The molecule has 0 unspecified atom stereocenters. The largest absolute Gasteiger partial charge is 0.477 e. The molecule has 0 fully saturated rings. The number of carboxylic acid groups (broad SMARTS) is 1. The van der Waals surface area contributed by atoms with Crippen LogP contribution in [0.2, 0.25) is 0 Å². The second-order valence-corrected chi connectivity index (χ2v) is 2.66. The zero-order valence-corrected chi connectivity index (χ0v) is 8.39. The van der Waals surface area contributed by atoms with E-state index < -0.39 is 5.97 Å². The van der Waals surface area contributed by atoms with E-state index in [1.807, 2.05) is 0 Å². The fraction of sp³-hybridized carbons (Fsp3) is 0. The summed E-state index contributed by atoms with van der Waals surface area (Å²) in [6.07, 6.45) is 4.87. The molecule has 15 heavy (non-hydrogen) atoms. The van der Waals surface area contributed by atoms with Gasteiger partial charge in [-0.15, -0.1) is 12.4 Å². The van der Waals surface area contributed by atoms with Crippen LogP contribution in [0.15, 0.2) is 36.9 Å². The second-order valence-electron chi connectivity index (χ2n) is 2.66. The van der Waals surface area contributed by atoms with Gasteiger partial charge in [0.25, 0.3) is 0 Å². The Labute approximate surface area is 91.8 Å². The Bertz CT molecular complexity index is 456. The first kappa shape index (κ1) is 11.2. The summed E-state index contributed by atoms with van der Waals surface area (Å²) in [5.41, 5.74) is 0.0243. The van der Waals surface area contributed by atoms with E-state index in [0.29, 0.717) is 5.82 Å². The third-order valence-electron chi connectivity index (χ3n) is 1.72. The fourth-order valence-electron chi connectivity index (χ4n) is 1.08. The molecule has 2 aromatic heterocycles. The average Bonchev–Trinajstić information content (AvgIpc) is 2.71. The number of nitrogens with zero attached hydrogens (tertiary/aromatic N) is 3. The molecule has 0 aliphatic carbocycles. The summed E-state index contributed by atoms with van der Waals surface area (Å²) >= 11 is 0. The number of rotatable bonds is 2. The predicted molar refractivity (Wildman–Crippen MR) is 55.6 cm³/mol. The van der Waals surface area contributed by atoms with E-state index >= 15 is 0 Å². The van der Waals surface area contributed by atoms with E-state index in [-0.39, 0.29) is 18.1 Å². The van der Waals surface area contributed by atoms with Gasteiger partial charge in [0.05, 0.1) is 0 Å². The lowest BCUT2D eigenvalue weighted by atomic mass is 10.3. The number of hydrogen-bond donors (Lipinski definition) is 1. The van der Waals surface area contributed by atoms with Crippen LogP contribution in [0.5, 0.6) is 0 Å². The molecule has 0 spiro atoms. The monoisotopic (exact) mass is 225 g/mol. The summed E-state index contributed by atoms with van der Waals surface area (Å²) in [4.78, 5) is 18.4. The predicted octanol–water partition coefficient (Wildman–Crippen LogP) is 1.39. The minimum atomic E-state index is -1.04. The molecule has 1 N–H and O–H groups in total. The number of halogens is 1. The van der Waals surface area contributed by atoms with E-state index in [4.69, 9.17) is 5.11 Å². The van der Waals surface area contributed by atoms with Crippen LogP contribution >= 0.6 is 12.4 Å². The van der Waals surface area contributed by atoms with Gasteiger partial charge in [-0.1, -0.05) is 6.07 Å². The molecule has 0 atom stereocenters. The highest BCUT2D eigenvalue weighted by atomic mass is 35.5. The number of carboxylic acids is 1. The van der Waals surface area contributed by atoms with E-state index in [1.54, 1.807) is 35.4 Å². The first-order chi connectivity index (χ1) is 6.77. The summed E-state index contributed by atoms with van der Waals surface area (Å²) < 4.78 is 1.65. The van der Waals surface area contributed by atoms with Crippen molar-refractivity contribution in [2.24, 2.45) is 0 Å². The van der Waals surface area contributed by atoms with Gasteiger partial charge in [-0.05, 0) is 12.1 Å². The Morgan fingerprint density at radius 3 is 2.80 bits per heavy atom. The molecular formula is C9H8ClN3O2. The van der Waals surface area contributed by atoms with Gasteiger partial charge in [-0.2, -0.15) is 0 Å². The first-order valence-corrected chi connectivity index (χ1v) is 3.96. The molecule has 0 radical (unpaired) electrons. The Morgan fingerprint density at radius 1 is 1.40 bits per heavy atom. The highest BCUT2D eigenvalue weighted by Crippen LogP contribution is 2.04. The van der Waals surface area contributed by atoms with Crippen LogP contribution in [0, 0.1) is 0 Å². The van der Waals surface area contributed by atoms with Crippen molar-refractivity contribution >= 4 is 18.4 Å². The molecule has 0 amide bonds. The zero-order valence-electron chi connectivity index (χ0n) is 7.57. The van der Waals surface area contributed by atoms with Gasteiger partial charge in [-0.25, -0.2) is 14.8 Å². The van der Waals surface area contributed by atoms with Crippen molar-refractivity contribution in [2.75, 3.05) is 0 Å². The molecule has 0 aliphatic heterocycles. The number of aromatic carboxylic acids is 1. The Kier molecular flexibility index (Phi) is 3.41.